The van der Waals surface area contributed by atoms with Crippen molar-refractivity contribution in [2.45, 2.75) is 77.3 Å². The van der Waals surface area contributed by atoms with Crippen LogP contribution in [-0.2, 0) is 4.79 Å². The number of hydrogen-bond acceptors (Lipinski definition) is 6. The topological polar surface area (TPSA) is 85.1 Å². The van der Waals surface area contributed by atoms with E-state index in [1.54, 1.807) is 0 Å². The van der Waals surface area contributed by atoms with Crippen molar-refractivity contribution < 1.29 is 4.79 Å². The van der Waals surface area contributed by atoms with E-state index in [1.807, 2.05) is 19.9 Å². The quantitative estimate of drug-likeness (QED) is 0.821. The van der Waals surface area contributed by atoms with Gasteiger partial charge in [0.15, 0.2) is 0 Å². The van der Waals surface area contributed by atoms with E-state index < -0.39 is 5.54 Å². The van der Waals surface area contributed by atoms with E-state index in [1.165, 1.54) is 0 Å². The average molecular weight is 399 g/mol. The number of aryl methyl sites for hydroxylation is 1. The van der Waals surface area contributed by atoms with Gasteiger partial charge in [-0.1, -0.05) is 33.1 Å². The number of nitriles is 1. The van der Waals surface area contributed by atoms with Gasteiger partial charge in [-0.25, -0.2) is 9.97 Å². The van der Waals surface area contributed by atoms with Gasteiger partial charge in [-0.2, -0.15) is 5.26 Å². The Bertz CT molecular complexity index is 757. The third-order valence-electron chi connectivity index (χ3n) is 6.22. The number of piperazine rings is 1. The van der Waals surface area contributed by atoms with E-state index in [4.69, 9.17) is 4.98 Å². The van der Waals surface area contributed by atoms with Crippen LogP contribution in [0.5, 0.6) is 0 Å². The Balaban J connectivity index is 1.59. The molecule has 1 aliphatic carbocycles. The number of nitrogens with zero attached hydrogens (tertiary/aromatic N) is 5. The zero-order valence-electron chi connectivity index (χ0n) is 18.2. The van der Waals surface area contributed by atoms with Gasteiger partial charge in [0.2, 0.25) is 5.91 Å². The van der Waals surface area contributed by atoms with Crippen molar-refractivity contribution in [1.29, 1.82) is 5.26 Å². The molecule has 0 aromatic carbocycles. The highest BCUT2D eigenvalue weighted by Crippen LogP contribution is 2.28. The van der Waals surface area contributed by atoms with Gasteiger partial charge in [0.05, 0.1) is 12.1 Å². The third kappa shape index (κ3) is 5.05. The first-order valence-electron chi connectivity index (χ1n) is 10.9. The molecule has 2 aliphatic rings. The Morgan fingerprint density at radius 1 is 1.14 bits per heavy atom. The fourth-order valence-corrected chi connectivity index (χ4v) is 4.26. The second-order valence-corrected chi connectivity index (χ2v) is 8.82. The van der Waals surface area contributed by atoms with Gasteiger partial charge in [-0.15, -0.1) is 0 Å². The van der Waals surface area contributed by atoms with Gasteiger partial charge in [0, 0.05) is 43.9 Å². The molecule has 7 heteroatoms. The Labute approximate surface area is 174 Å². The molecule has 1 amide bonds. The van der Waals surface area contributed by atoms with Gasteiger partial charge in [-0.3, -0.25) is 9.69 Å². The molecule has 1 saturated heterocycles. The van der Waals surface area contributed by atoms with E-state index >= 15 is 0 Å². The molecule has 0 spiro atoms. The van der Waals surface area contributed by atoms with Crippen molar-refractivity contribution in [2.24, 2.45) is 0 Å². The molecule has 2 fully saturated rings. The standard InChI is InChI=1S/C22H34N6O/c1-16(2)20-24-17(3)14-19(25-20)28-12-10-27(11-13-28)18(4)21(29)26-22(15-23)8-6-5-7-9-22/h14,16,18H,5-13H2,1-4H3,(H,26,29). The highest BCUT2D eigenvalue weighted by Gasteiger charge is 2.36. The summed E-state index contributed by atoms with van der Waals surface area (Å²) >= 11 is 0. The molecule has 0 bridgehead atoms. The number of nitrogens with one attached hydrogen (secondary N) is 1. The molecule has 2 heterocycles. The molecule has 1 atom stereocenters. The van der Waals surface area contributed by atoms with Crippen LogP contribution in [0.15, 0.2) is 6.07 Å². The fourth-order valence-electron chi connectivity index (χ4n) is 4.26. The summed E-state index contributed by atoms with van der Waals surface area (Å²) in [5.74, 6) is 2.13. The first kappa shape index (κ1) is 21.5. The first-order valence-corrected chi connectivity index (χ1v) is 10.9. The molecule has 1 unspecified atom stereocenters. The summed E-state index contributed by atoms with van der Waals surface area (Å²) in [5.41, 5.74) is 0.320. The van der Waals surface area contributed by atoms with Crippen LogP contribution in [0.25, 0.3) is 0 Å². The van der Waals surface area contributed by atoms with Crippen LogP contribution in [0.4, 0.5) is 5.82 Å². The maximum absolute atomic E-state index is 12.9. The highest BCUT2D eigenvalue weighted by atomic mass is 16.2. The van der Waals surface area contributed by atoms with Crippen LogP contribution in [-0.4, -0.2) is 58.5 Å². The molecule has 1 saturated carbocycles. The van der Waals surface area contributed by atoms with Crippen molar-refractivity contribution in [3.63, 3.8) is 0 Å². The van der Waals surface area contributed by atoms with Crippen LogP contribution >= 0.6 is 0 Å². The second kappa shape index (κ2) is 9.08. The Morgan fingerprint density at radius 2 is 1.79 bits per heavy atom. The molecule has 158 valence electrons. The molecule has 0 radical (unpaired) electrons. The highest BCUT2D eigenvalue weighted by molar-refractivity contribution is 5.82. The lowest BCUT2D eigenvalue weighted by molar-refractivity contribution is -0.127. The summed E-state index contributed by atoms with van der Waals surface area (Å²) in [4.78, 5) is 26.6. The number of aromatic nitrogens is 2. The van der Waals surface area contributed by atoms with Crippen LogP contribution in [0.1, 0.15) is 70.3 Å². The molecular formula is C22H34N6O. The Morgan fingerprint density at radius 3 is 2.38 bits per heavy atom. The molecule has 3 rings (SSSR count). The summed E-state index contributed by atoms with van der Waals surface area (Å²) < 4.78 is 0. The lowest BCUT2D eigenvalue weighted by Gasteiger charge is -2.39. The van der Waals surface area contributed by atoms with Crippen LogP contribution in [0, 0.1) is 18.3 Å². The van der Waals surface area contributed by atoms with Crippen molar-refractivity contribution in [1.82, 2.24) is 20.2 Å². The number of rotatable bonds is 5. The predicted molar refractivity (Wildman–Crippen MR) is 114 cm³/mol. The zero-order chi connectivity index (χ0) is 21.0. The second-order valence-electron chi connectivity index (χ2n) is 8.82. The smallest absolute Gasteiger partial charge is 0.238 e. The summed E-state index contributed by atoms with van der Waals surface area (Å²) in [5, 5.41) is 12.7. The van der Waals surface area contributed by atoms with Crippen molar-refractivity contribution in [2.75, 3.05) is 31.1 Å². The van der Waals surface area contributed by atoms with Crippen LogP contribution in [0.2, 0.25) is 0 Å². The summed E-state index contributed by atoms with van der Waals surface area (Å²) in [7, 11) is 0. The maximum Gasteiger partial charge on any atom is 0.238 e. The minimum atomic E-state index is -0.669. The van der Waals surface area contributed by atoms with Crippen LogP contribution < -0.4 is 10.2 Å². The van der Waals surface area contributed by atoms with Crippen molar-refractivity contribution >= 4 is 11.7 Å². The number of carbonyl (C=O) groups excluding carboxylic acids is 1. The van der Waals surface area contributed by atoms with Gasteiger partial charge in [0.1, 0.15) is 17.2 Å². The lowest BCUT2D eigenvalue weighted by atomic mass is 9.82. The van der Waals surface area contributed by atoms with Crippen LogP contribution in [0.3, 0.4) is 0 Å². The molecule has 1 N–H and O–H groups in total. The zero-order valence-corrected chi connectivity index (χ0v) is 18.2. The largest absolute Gasteiger partial charge is 0.354 e. The van der Waals surface area contributed by atoms with E-state index in [2.05, 4.69) is 40.0 Å². The molecule has 1 aromatic rings. The molecule has 7 nitrogen and oxygen atoms in total. The number of hydrogen-bond donors (Lipinski definition) is 1. The van der Waals surface area contributed by atoms with E-state index in [0.717, 1.165) is 75.6 Å². The number of amides is 1. The lowest BCUT2D eigenvalue weighted by Crippen LogP contribution is -2.58. The molecule has 1 aromatic heterocycles. The van der Waals surface area contributed by atoms with E-state index in [9.17, 15) is 10.1 Å². The fraction of sp³-hybridized carbons (Fsp3) is 0.727. The van der Waals surface area contributed by atoms with Gasteiger partial charge in [-0.05, 0) is 26.7 Å². The van der Waals surface area contributed by atoms with Crippen molar-refractivity contribution in [3.8, 4) is 6.07 Å². The Hall–Kier alpha value is -2.20. The minimum absolute atomic E-state index is 0.0260. The average Bonchev–Trinajstić information content (AvgIpc) is 2.73. The first-order chi connectivity index (χ1) is 13.8. The van der Waals surface area contributed by atoms with Gasteiger partial charge in [0.25, 0.3) is 0 Å². The van der Waals surface area contributed by atoms with Gasteiger partial charge >= 0.3 is 0 Å². The minimum Gasteiger partial charge on any atom is -0.354 e. The number of carbonyl (C=O) groups is 1. The monoisotopic (exact) mass is 398 g/mol. The Kier molecular flexibility index (Phi) is 6.74. The third-order valence-corrected chi connectivity index (χ3v) is 6.22. The summed E-state index contributed by atoms with van der Waals surface area (Å²) in [6.07, 6.45) is 4.70. The molecule has 29 heavy (non-hydrogen) atoms. The SMILES string of the molecule is Cc1cc(N2CCN(C(C)C(=O)NC3(C#N)CCCCC3)CC2)nc(C(C)C)n1. The maximum atomic E-state index is 12.9. The van der Waals surface area contributed by atoms with E-state index in [0.29, 0.717) is 5.92 Å². The summed E-state index contributed by atoms with van der Waals surface area (Å²) in [6, 6.07) is 4.19. The predicted octanol–water partition coefficient (Wildman–Crippen LogP) is 2.76. The van der Waals surface area contributed by atoms with Gasteiger partial charge < -0.3 is 10.2 Å². The summed E-state index contributed by atoms with van der Waals surface area (Å²) in [6.45, 7) is 11.4. The molecule has 1 aliphatic heterocycles. The normalized spacial score (nSPS) is 20.9. The number of anilines is 1. The van der Waals surface area contributed by atoms with Crippen molar-refractivity contribution in [3.05, 3.63) is 17.6 Å². The van der Waals surface area contributed by atoms with E-state index in [-0.39, 0.29) is 11.9 Å². The molecular weight excluding hydrogens is 364 g/mol.